The summed E-state index contributed by atoms with van der Waals surface area (Å²) in [7, 11) is 1.81. The van der Waals surface area contributed by atoms with Crippen molar-refractivity contribution in [3.63, 3.8) is 0 Å². The van der Waals surface area contributed by atoms with Crippen LogP contribution in [0.2, 0.25) is 0 Å². The van der Waals surface area contributed by atoms with Crippen molar-refractivity contribution >= 4 is 0 Å². The molecule has 106 valence electrons. The van der Waals surface area contributed by atoms with Gasteiger partial charge in [0.05, 0.1) is 6.61 Å². The molecule has 1 aliphatic heterocycles. The molecule has 2 aliphatic rings. The average Bonchev–Trinajstić information content (AvgIpc) is 2.77. The van der Waals surface area contributed by atoms with Crippen molar-refractivity contribution in [1.29, 1.82) is 0 Å². The predicted molar refractivity (Wildman–Crippen MR) is 75.9 cm³/mol. The van der Waals surface area contributed by atoms with Crippen LogP contribution in [0.4, 0.5) is 0 Å². The number of hydrogen-bond donors (Lipinski definition) is 1. The molecule has 2 atom stereocenters. The minimum atomic E-state index is 0.410. The summed E-state index contributed by atoms with van der Waals surface area (Å²) in [6.45, 7) is 10.2. The number of hydrogen-bond acceptors (Lipinski definition) is 3. The van der Waals surface area contributed by atoms with E-state index >= 15 is 0 Å². The molecule has 3 heteroatoms. The van der Waals surface area contributed by atoms with Crippen molar-refractivity contribution in [3.8, 4) is 0 Å². The Bertz CT molecular complexity index is 261. The standard InChI is InChI=1S/C15H30N2O/c1-12(2)14-9-16-15(7-5-6-8-15)11-17(14)13(3)10-18-4/h12-14,16H,5-11H2,1-4H3. The summed E-state index contributed by atoms with van der Waals surface area (Å²) in [5.74, 6) is 0.704. The molecular formula is C15H30N2O. The van der Waals surface area contributed by atoms with E-state index in [-0.39, 0.29) is 0 Å². The second-order valence-corrected chi connectivity index (χ2v) is 6.66. The lowest BCUT2D eigenvalue weighted by molar-refractivity contribution is -0.0000454. The first-order chi connectivity index (χ1) is 8.58. The largest absolute Gasteiger partial charge is 0.383 e. The van der Waals surface area contributed by atoms with Gasteiger partial charge < -0.3 is 10.1 Å². The van der Waals surface area contributed by atoms with Crippen molar-refractivity contribution in [2.45, 2.75) is 64.1 Å². The van der Waals surface area contributed by atoms with Gasteiger partial charge in [0.1, 0.15) is 0 Å². The highest BCUT2D eigenvalue weighted by atomic mass is 16.5. The molecule has 0 radical (unpaired) electrons. The number of nitrogens with zero attached hydrogens (tertiary/aromatic N) is 1. The van der Waals surface area contributed by atoms with Crippen LogP contribution in [0.1, 0.15) is 46.5 Å². The first-order valence-corrected chi connectivity index (χ1v) is 7.58. The Labute approximate surface area is 112 Å². The molecule has 18 heavy (non-hydrogen) atoms. The molecule has 0 aromatic heterocycles. The van der Waals surface area contributed by atoms with E-state index in [9.17, 15) is 0 Å². The lowest BCUT2D eigenvalue weighted by atomic mass is 9.88. The lowest BCUT2D eigenvalue weighted by Gasteiger charge is -2.50. The summed E-state index contributed by atoms with van der Waals surface area (Å²) in [5, 5.41) is 3.87. The van der Waals surface area contributed by atoms with Gasteiger partial charge in [-0.15, -0.1) is 0 Å². The van der Waals surface area contributed by atoms with E-state index in [1.165, 1.54) is 32.2 Å². The normalized spacial score (nSPS) is 30.2. The minimum absolute atomic E-state index is 0.410. The van der Waals surface area contributed by atoms with Gasteiger partial charge in [0.15, 0.2) is 0 Å². The van der Waals surface area contributed by atoms with E-state index in [1.807, 2.05) is 7.11 Å². The maximum Gasteiger partial charge on any atom is 0.0615 e. The Hall–Kier alpha value is -0.120. The molecule has 2 fully saturated rings. The SMILES string of the molecule is COCC(C)N1CC2(CCCC2)NCC1C(C)C. The Morgan fingerprint density at radius 2 is 1.94 bits per heavy atom. The topological polar surface area (TPSA) is 24.5 Å². The zero-order valence-corrected chi connectivity index (χ0v) is 12.5. The molecule has 0 bridgehead atoms. The van der Waals surface area contributed by atoms with Crippen LogP contribution in [-0.4, -0.2) is 49.3 Å². The van der Waals surface area contributed by atoms with E-state index < -0.39 is 0 Å². The van der Waals surface area contributed by atoms with Crippen LogP contribution in [-0.2, 0) is 4.74 Å². The molecule has 2 unspecified atom stereocenters. The van der Waals surface area contributed by atoms with Crippen LogP contribution in [0.15, 0.2) is 0 Å². The van der Waals surface area contributed by atoms with Gasteiger partial charge in [-0.05, 0) is 25.7 Å². The molecule has 1 saturated carbocycles. The van der Waals surface area contributed by atoms with Gasteiger partial charge in [-0.25, -0.2) is 0 Å². The maximum atomic E-state index is 5.37. The minimum Gasteiger partial charge on any atom is -0.383 e. The third-order valence-electron chi connectivity index (χ3n) is 4.90. The third-order valence-corrected chi connectivity index (χ3v) is 4.90. The van der Waals surface area contributed by atoms with Crippen LogP contribution in [0.25, 0.3) is 0 Å². The number of piperazine rings is 1. The van der Waals surface area contributed by atoms with Gasteiger partial charge >= 0.3 is 0 Å². The van der Waals surface area contributed by atoms with Gasteiger partial charge in [-0.3, -0.25) is 4.90 Å². The zero-order valence-electron chi connectivity index (χ0n) is 12.5. The predicted octanol–water partition coefficient (Wildman–Crippen LogP) is 2.26. The summed E-state index contributed by atoms with van der Waals surface area (Å²) < 4.78 is 5.37. The number of rotatable bonds is 4. The van der Waals surface area contributed by atoms with Gasteiger partial charge in [-0.1, -0.05) is 26.7 Å². The lowest BCUT2D eigenvalue weighted by Crippen LogP contribution is -2.66. The van der Waals surface area contributed by atoms with E-state index in [2.05, 4.69) is 31.0 Å². The molecule has 0 aromatic carbocycles. The monoisotopic (exact) mass is 254 g/mol. The molecule has 2 rings (SSSR count). The first-order valence-electron chi connectivity index (χ1n) is 7.58. The Kier molecular flexibility index (Phi) is 4.68. The van der Waals surface area contributed by atoms with Crippen LogP contribution in [0.5, 0.6) is 0 Å². The second-order valence-electron chi connectivity index (χ2n) is 6.66. The second kappa shape index (κ2) is 5.89. The van der Waals surface area contributed by atoms with E-state index in [0.29, 0.717) is 23.5 Å². The Balaban J connectivity index is 2.07. The molecule has 1 spiro atoms. The van der Waals surface area contributed by atoms with Gasteiger partial charge in [0.25, 0.3) is 0 Å². The molecule has 1 N–H and O–H groups in total. The van der Waals surface area contributed by atoms with Crippen molar-refractivity contribution in [1.82, 2.24) is 10.2 Å². The smallest absolute Gasteiger partial charge is 0.0615 e. The summed E-state index contributed by atoms with van der Waals surface area (Å²) in [6.07, 6.45) is 5.50. The maximum absolute atomic E-state index is 5.37. The van der Waals surface area contributed by atoms with E-state index in [0.717, 1.165) is 13.2 Å². The first kappa shape index (κ1) is 14.3. The van der Waals surface area contributed by atoms with E-state index in [1.54, 1.807) is 0 Å². The van der Waals surface area contributed by atoms with Gasteiger partial charge in [-0.2, -0.15) is 0 Å². The highest BCUT2D eigenvalue weighted by Gasteiger charge is 2.42. The number of nitrogens with one attached hydrogen (secondary N) is 1. The molecule has 1 saturated heterocycles. The number of methoxy groups -OCH3 is 1. The molecule has 0 amide bonds. The fraction of sp³-hybridized carbons (Fsp3) is 1.00. The summed E-state index contributed by atoms with van der Waals surface area (Å²) in [6, 6.07) is 1.18. The summed E-state index contributed by atoms with van der Waals surface area (Å²) in [4.78, 5) is 2.70. The Morgan fingerprint density at radius 3 is 2.50 bits per heavy atom. The average molecular weight is 254 g/mol. The zero-order chi connectivity index (χ0) is 13.2. The van der Waals surface area contributed by atoms with Crippen molar-refractivity contribution in [2.75, 3.05) is 26.8 Å². The van der Waals surface area contributed by atoms with Crippen molar-refractivity contribution in [3.05, 3.63) is 0 Å². The molecule has 0 aromatic rings. The van der Waals surface area contributed by atoms with E-state index in [4.69, 9.17) is 4.74 Å². The number of ether oxygens (including phenoxy) is 1. The molecule has 1 heterocycles. The highest BCUT2D eigenvalue weighted by Crippen LogP contribution is 2.35. The molecule has 3 nitrogen and oxygen atoms in total. The molecule has 1 aliphatic carbocycles. The Morgan fingerprint density at radius 1 is 1.28 bits per heavy atom. The van der Waals surface area contributed by atoms with Crippen LogP contribution >= 0.6 is 0 Å². The van der Waals surface area contributed by atoms with Crippen LogP contribution in [0.3, 0.4) is 0 Å². The quantitative estimate of drug-likeness (QED) is 0.833. The van der Waals surface area contributed by atoms with Crippen LogP contribution in [0, 0.1) is 5.92 Å². The third kappa shape index (κ3) is 2.89. The molecular weight excluding hydrogens is 224 g/mol. The summed E-state index contributed by atoms with van der Waals surface area (Å²) >= 11 is 0. The fourth-order valence-corrected chi connectivity index (χ4v) is 3.79. The van der Waals surface area contributed by atoms with Crippen molar-refractivity contribution in [2.24, 2.45) is 5.92 Å². The van der Waals surface area contributed by atoms with Gasteiger partial charge in [0, 0.05) is 37.8 Å². The summed E-state index contributed by atoms with van der Waals surface area (Å²) in [5.41, 5.74) is 0.410. The fourth-order valence-electron chi connectivity index (χ4n) is 3.79. The van der Waals surface area contributed by atoms with Crippen molar-refractivity contribution < 1.29 is 4.74 Å². The van der Waals surface area contributed by atoms with Crippen LogP contribution < -0.4 is 5.32 Å². The highest BCUT2D eigenvalue weighted by molar-refractivity contribution is 5.02. The van der Waals surface area contributed by atoms with Gasteiger partial charge in [0.2, 0.25) is 0 Å².